The summed E-state index contributed by atoms with van der Waals surface area (Å²) in [7, 11) is 0. The van der Waals surface area contributed by atoms with Crippen molar-refractivity contribution in [1.82, 2.24) is 5.32 Å². The number of esters is 1. The van der Waals surface area contributed by atoms with E-state index in [0.29, 0.717) is 18.6 Å². The van der Waals surface area contributed by atoms with Gasteiger partial charge in [-0.1, -0.05) is 6.92 Å². The average molecular weight is 229 g/mol. The fourth-order valence-corrected chi connectivity index (χ4v) is 1.69. The topological polar surface area (TPSA) is 47.6 Å². The highest BCUT2D eigenvalue weighted by Gasteiger charge is 2.39. The first kappa shape index (κ1) is 13.5. The Morgan fingerprint density at radius 1 is 1.38 bits per heavy atom. The van der Waals surface area contributed by atoms with Crippen LogP contribution in [0.1, 0.15) is 33.1 Å². The van der Waals surface area contributed by atoms with Gasteiger partial charge in [0.15, 0.2) is 0 Å². The van der Waals surface area contributed by atoms with Crippen LogP contribution in [-0.4, -0.2) is 38.9 Å². The maximum atomic E-state index is 10.9. The Balaban J connectivity index is 1.87. The first-order valence-electron chi connectivity index (χ1n) is 6.16. The maximum Gasteiger partial charge on any atom is 0.332 e. The molecule has 0 aromatic heterocycles. The molecule has 0 heterocycles. The number of hydrogen-bond acceptors (Lipinski definition) is 4. The summed E-state index contributed by atoms with van der Waals surface area (Å²) in [6.07, 6.45) is 3.95. The van der Waals surface area contributed by atoms with Gasteiger partial charge in [-0.15, -0.1) is 0 Å². The minimum atomic E-state index is -0.283. The molecule has 1 aliphatic carbocycles. The van der Waals surface area contributed by atoms with E-state index in [2.05, 4.69) is 12.2 Å². The molecule has 1 fully saturated rings. The van der Waals surface area contributed by atoms with Crippen LogP contribution in [0.4, 0.5) is 0 Å². The van der Waals surface area contributed by atoms with E-state index in [9.17, 15) is 4.79 Å². The van der Waals surface area contributed by atoms with E-state index in [1.54, 1.807) is 6.92 Å². The fraction of sp³-hybridized carbons (Fsp3) is 0.917. The Hall–Kier alpha value is -0.610. The van der Waals surface area contributed by atoms with E-state index in [1.807, 2.05) is 0 Å². The van der Waals surface area contributed by atoms with Crippen molar-refractivity contribution in [3.63, 3.8) is 0 Å². The van der Waals surface area contributed by atoms with Crippen molar-refractivity contribution in [2.24, 2.45) is 5.41 Å². The standard InChI is InChI=1S/C12H23NO3/c1-3-12(5-6-12)10-13-7-8-15-9-11(14)16-4-2/h13H,3-10H2,1-2H3. The second kappa shape index (κ2) is 6.86. The van der Waals surface area contributed by atoms with Crippen molar-refractivity contribution in [1.29, 1.82) is 0 Å². The lowest BCUT2D eigenvalue weighted by molar-refractivity contribution is -0.148. The largest absolute Gasteiger partial charge is 0.464 e. The molecule has 0 aromatic rings. The van der Waals surface area contributed by atoms with Gasteiger partial charge < -0.3 is 14.8 Å². The molecule has 1 rings (SSSR count). The summed E-state index contributed by atoms with van der Waals surface area (Å²) in [5.74, 6) is -0.283. The number of nitrogens with one attached hydrogen (secondary N) is 1. The molecule has 0 aromatic carbocycles. The molecule has 0 unspecified atom stereocenters. The molecule has 0 amide bonds. The molecule has 1 N–H and O–H groups in total. The van der Waals surface area contributed by atoms with Crippen LogP contribution in [0.15, 0.2) is 0 Å². The minimum Gasteiger partial charge on any atom is -0.464 e. The summed E-state index contributed by atoms with van der Waals surface area (Å²) >= 11 is 0. The van der Waals surface area contributed by atoms with Gasteiger partial charge >= 0.3 is 5.97 Å². The van der Waals surface area contributed by atoms with Gasteiger partial charge in [-0.05, 0) is 31.6 Å². The van der Waals surface area contributed by atoms with Gasteiger partial charge in [-0.3, -0.25) is 0 Å². The van der Waals surface area contributed by atoms with Gasteiger partial charge in [0.2, 0.25) is 0 Å². The van der Waals surface area contributed by atoms with Crippen LogP contribution < -0.4 is 5.32 Å². The second-order valence-corrected chi connectivity index (χ2v) is 4.39. The third-order valence-electron chi connectivity index (χ3n) is 3.16. The van der Waals surface area contributed by atoms with Crippen LogP contribution in [0.2, 0.25) is 0 Å². The van der Waals surface area contributed by atoms with Crippen LogP contribution in [0.3, 0.4) is 0 Å². The zero-order valence-corrected chi connectivity index (χ0v) is 10.4. The molecule has 0 aliphatic heterocycles. The predicted molar refractivity (Wildman–Crippen MR) is 62.3 cm³/mol. The number of ether oxygens (including phenoxy) is 2. The molecule has 0 spiro atoms. The normalized spacial score (nSPS) is 17.1. The highest BCUT2D eigenvalue weighted by molar-refractivity contribution is 5.70. The van der Waals surface area contributed by atoms with E-state index >= 15 is 0 Å². The lowest BCUT2D eigenvalue weighted by Crippen LogP contribution is -2.27. The van der Waals surface area contributed by atoms with Crippen LogP contribution in [0.25, 0.3) is 0 Å². The van der Waals surface area contributed by atoms with Gasteiger partial charge in [0.05, 0.1) is 13.2 Å². The smallest absolute Gasteiger partial charge is 0.332 e. The van der Waals surface area contributed by atoms with Crippen LogP contribution in [0.5, 0.6) is 0 Å². The summed E-state index contributed by atoms with van der Waals surface area (Å²) < 4.78 is 9.93. The number of rotatable bonds is 9. The average Bonchev–Trinajstić information content (AvgIpc) is 3.04. The molecule has 1 saturated carbocycles. The molecule has 0 bridgehead atoms. The van der Waals surface area contributed by atoms with Crippen molar-refractivity contribution in [3.05, 3.63) is 0 Å². The van der Waals surface area contributed by atoms with Gasteiger partial charge in [0.1, 0.15) is 6.61 Å². The number of carbonyl (C=O) groups excluding carboxylic acids is 1. The quantitative estimate of drug-likeness (QED) is 0.479. The van der Waals surface area contributed by atoms with Crippen LogP contribution >= 0.6 is 0 Å². The summed E-state index contributed by atoms with van der Waals surface area (Å²) in [5.41, 5.74) is 0.571. The summed E-state index contributed by atoms with van der Waals surface area (Å²) in [6.45, 7) is 6.96. The zero-order chi connectivity index (χ0) is 11.9. The Morgan fingerprint density at radius 3 is 2.69 bits per heavy atom. The molecule has 0 saturated heterocycles. The van der Waals surface area contributed by atoms with Gasteiger partial charge in [0, 0.05) is 13.1 Å². The van der Waals surface area contributed by atoms with Crippen LogP contribution in [-0.2, 0) is 14.3 Å². The van der Waals surface area contributed by atoms with E-state index in [0.717, 1.165) is 13.1 Å². The Kier molecular flexibility index (Phi) is 5.77. The Morgan fingerprint density at radius 2 is 2.12 bits per heavy atom. The molecule has 94 valence electrons. The summed E-state index contributed by atoms with van der Waals surface area (Å²) in [4.78, 5) is 10.9. The Bertz CT molecular complexity index is 214. The monoisotopic (exact) mass is 229 g/mol. The third-order valence-corrected chi connectivity index (χ3v) is 3.16. The molecular weight excluding hydrogens is 206 g/mol. The molecule has 4 heteroatoms. The third kappa shape index (κ3) is 4.94. The zero-order valence-electron chi connectivity index (χ0n) is 10.4. The molecule has 4 nitrogen and oxygen atoms in total. The number of carbonyl (C=O) groups is 1. The molecular formula is C12H23NO3. The molecule has 16 heavy (non-hydrogen) atoms. The first-order valence-corrected chi connectivity index (χ1v) is 6.16. The van der Waals surface area contributed by atoms with Gasteiger partial charge in [-0.25, -0.2) is 4.79 Å². The molecule has 0 atom stereocenters. The van der Waals surface area contributed by atoms with Crippen molar-refractivity contribution in [2.75, 3.05) is 32.9 Å². The van der Waals surface area contributed by atoms with E-state index in [4.69, 9.17) is 9.47 Å². The minimum absolute atomic E-state index is 0.0639. The van der Waals surface area contributed by atoms with Crippen molar-refractivity contribution in [3.8, 4) is 0 Å². The predicted octanol–water partition coefficient (Wildman–Crippen LogP) is 1.35. The van der Waals surface area contributed by atoms with Crippen molar-refractivity contribution >= 4 is 5.97 Å². The Labute approximate surface area is 97.7 Å². The number of hydrogen-bond donors (Lipinski definition) is 1. The SMILES string of the molecule is CCOC(=O)COCCNCC1(CC)CC1. The summed E-state index contributed by atoms with van der Waals surface area (Å²) in [6, 6.07) is 0. The van der Waals surface area contributed by atoms with Crippen molar-refractivity contribution < 1.29 is 14.3 Å². The molecule has 0 radical (unpaired) electrons. The van der Waals surface area contributed by atoms with Gasteiger partial charge in [0.25, 0.3) is 0 Å². The fourth-order valence-electron chi connectivity index (χ4n) is 1.69. The first-order chi connectivity index (χ1) is 7.72. The van der Waals surface area contributed by atoms with Crippen LogP contribution in [0, 0.1) is 5.41 Å². The van der Waals surface area contributed by atoms with E-state index in [1.165, 1.54) is 19.3 Å². The highest BCUT2D eigenvalue weighted by Crippen LogP contribution is 2.47. The second-order valence-electron chi connectivity index (χ2n) is 4.39. The lowest BCUT2D eigenvalue weighted by Gasteiger charge is -2.13. The molecule has 1 aliphatic rings. The maximum absolute atomic E-state index is 10.9. The van der Waals surface area contributed by atoms with E-state index in [-0.39, 0.29) is 12.6 Å². The lowest BCUT2D eigenvalue weighted by atomic mass is 10.0. The highest BCUT2D eigenvalue weighted by atomic mass is 16.6. The summed E-state index contributed by atoms with van der Waals surface area (Å²) in [5, 5.41) is 3.37. The van der Waals surface area contributed by atoms with E-state index < -0.39 is 0 Å². The van der Waals surface area contributed by atoms with Gasteiger partial charge in [-0.2, -0.15) is 0 Å². The van der Waals surface area contributed by atoms with Crippen molar-refractivity contribution in [2.45, 2.75) is 33.1 Å².